The first-order valence-corrected chi connectivity index (χ1v) is 39.8. The average molecular weight is 1370 g/mol. The van der Waals surface area contributed by atoms with Crippen LogP contribution < -0.4 is 0 Å². The number of ether oxygens (including phenoxy) is 4. The van der Waals surface area contributed by atoms with E-state index >= 15 is 0 Å². The molecule has 0 aliphatic rings. The van der Waals surface area contributed by atoms with Gasteiger partial charge in [0.05, 0.1) is 26.4 Å². The van der Waals surface area contributed by atoms with E-state index in [0.717, 1.165) is 180 Å². The number of carbonyl (C=O) groups excluding carboxylic acids is 4. The van der Waals surface area contributed by atoms with E-state index in [4.69, 9.17) is 37.0 Å². The third-order valence-electron chi connectivity index (χ3n) is 15.3. The summed E-state index contributed by atoms with van der Waals surface area (Å²) in [7, 11) is -9.94. The summed E-state index contributed by atoms with van der Waals surface area (Å²) in [4.78, 5) is 72.6. The Hall–Kier alpha value is -3.76. The highest BCUT2D eigenvalue weighted by atomic mass is 31.2. The van der Waals surface area contributed by atoms with Gasteiger partial charge in [-0.25, -0.2) is 9.13 Å². The van der Waals surface area contributed by atoms with Gasteiger partial charge in [0.15, 0.2) is 12.2 Å². The number of allylic oxidation sites excluding steroid dienone is 14. The van der Waals surface area contributed by atoms with Gasteiger partial charge in [-0.05, 0) is 109 Å². The molecular weight excluding hydrogens is 1230 g/mol. The fraction of sp³-hybridized carbons (Fsp3) is 0.760. The van der Waals surface area contributed by atoms with Crippen molar-refractivity contribution < 1.29 is 80.2 Å². The second-order valence-corrected chi connectivity index (χ2v) is 27.4. The molecule has 5 atom stereocenters. The normalized spacial score (nSPS) is 14.5. The van der Waals surface area contributed by atoms with E-state index in [2.05, 4.69) is 113 Å². The maximum atomic E-state index is 13.0. The van der Waals surface area contributed by atoms with Gasteiger partial charge in [0.2, 0.25) is 0 Å². The molecule has 17 nitrogen and oxygen atoms in total. The molecule has 0 aliphatic heterocycles. The number of hydrogen-bond acceptors (Lipinski definition) is 15. The Kier molecular flexibility index (Phi) is 65.1. The Bertz CT molecular complexity index is 2120. The van der Waals surface area contributed by atoms with Crippen LogP contribution in [0, 0.1) is 0 Å². The molecule has 0 aromatic rings. The fourth-order valence-corrected chi connectivity index (χ4v) is 11.3. The van der Waals surface area contributed by atoms with Crippen LogP contribution in [-0.2, 0) is 65.4 Å². The van der Waals surface area contributed by atoms with Gasteiger partial charge in [0, 0.05) is 25.7 Å². The van der Waals surface area contributed by atoms with Crippen LogP contribution in [0.5, 0.6) is 0 Å². The lowest BCUT2D eigenvalue weighted by Gasteiger charge is -2.21. The monoisotopic (exact) mass is 1370 g/mol. The minimum atomic E-state index is -4.97. The molecule has 0 aromatic carbocycles. The average Bonchev–Trinajstić information content (AvgIpc) is 1.73. The number of phosphoric acid groups is 2. The quantitative estimate of drug-likeness (QED) is 0.0169. The number of phosphoric ester groups is 2. The predicted octanol–water partition coefficient (Wildman–Crippen LogP) is 20.7. The minimum absolute atomic E-state index is 0.0761. The van der Waals surface area contributed by atoms with Crippen molar-refractivity contribution >= 4 is 39.5 Å². The van der Waals surface area contributed by atoms with Gasteiger partial charge in [-0.15, -0.1) is 0 Å². The van der Waals surface area contributed by atoms with E-state index in [1.807, 2.05) is 0 Å². The van der Waals surface area contributed by atoms with E-state index in [0.29, 0.717) is 25.7 Å². The van der Waals surface area contributed by atoms with Gasteiger partial charge in [0.25, 0.3) is 0 Å². The van der Waals surface area contributed by atoms with Gasteiger partial charge in [-0.3, -0.25) is 37.3 Å². The van der Waals surface area contributed by atoms with Gasteiger partial charge < -0.3 is 33.8 Å². The molecule has 0 aliphatic carbocycles. The maximum Gasteiger partial charge on any atom is 0.472 e. The van der Waals surface area contributed by atoms with Crippen molar-refractivity contribution in [2.24, 2.45) is 0 Å². The molecule has 0 saturated carbocycles. The molecule has 0 bridgehead atoms. The second kappa shape index (κ2) is 67.8. The summed E-state index contributed by atoms with van der Waals surface area (Å²) in [6.07, 6.45) is 67.3. The molecule has 0 rings (SSSR count). The molecule has 0 amide bonds. The standard InChI is InChI=1S/C75H132O17P2/c1-5-9-13-17-21-25-29-31-32-33-34-35-36-38-41-44-48-52-56-60-73(78)86-66-71(92-75(80)62-58-54-50-46-42-37-30-26-22-18-14-10-6-2)68-90-94(83,84)88-64-69(76)63-87-93(81,82)89-67-70(91-74(79)61-57-53-49-45-40-28-24-20-16-12-8-4)65-85-72(77)59-55-51-47-43-39-27-23-19-15-11-7-3/h9,13-14,18-19,21,23,25-26,30-32,34-35,69-71,76H,5-8,10-12,15-17,20,22,24,27-29,33,36-68H2,1-4H3,(H,81,82)(H,83,84)/b13-9-,18-14-,23-19-,25-21-,30-26-,32-31-,35-34-. The summed E-state index contributed by atoms with van der Waals surface area (Å²) in [6.45, 7) is 4.62. The van der Waals surface area contributed by atoms with E-state index in [9.17, 15) is 43.2 Å². The molecular formula is C75H132O17P2. The van der Waals surface area contributed by atoms with Gasteiger partial charge in [-0.2, -0.15) is 0 Å². The Balaban J connectivity index is 5.30. The Morgan fingerprint density at radius 3 is 0.936 bits per heavy atom. The van der Waals surface area contributed by atoms with E-state index < -0.39 is 97.5 Å². The van der Waals surface area contributed by atoms with Crippen LogP contribution in [0.1, 0.15) is 310 Å². The van der Waals surface area contributed by atoms with Crippen molar-refractivity contribution in [2.75, 3.05) is 39.6 Å². The Labute approximate surface area is 570 Å². The van der Waals surface area contributed by atoms with Crippen molar-refractivity contribution in [3.05, 3.63) is 85.1 Å². The number of aliphatic hydroxyl groups excluding tert-OH is 1. The number of carbonyl (C=O) groups is 4. The number of hydrogen-bond donors (Lipinski definition) is 3. The second-order valence-electron chi connectivity index (χ2n) is 24.5. The van der Waals surface area contributed by atoms with Crippen LogP contribution in [0.3, 0.4) is 0 Å². The van der Waals surface area contributed by atoms with Crippen molar-refractivity contribution in [3.63, 3.8) is 0 Å². The smallest absolute Gasteiger partial charge is 0.462 e. The molecule has 5 unspecified atom stereocenters. The zero-order valence-electron chi connectivity index (χ0n) is 59.1. The lowest BCUT2D eigenvalue weighted by Crippen LogP contribution is -2.30. The highest BCUT2D eigenvalue weighted by molar-refractivity contribution is 7.47. The molecule has 94 heavy (non-hydrogen) atoms. The molecule has 3 N–H and O–H groups in total. The van der Waals surface area contributed by atoms with Crippen molar-refractivity contribution in [2.45, 2.75) is 329 Å². The third kappa shape index (κ3) is 66.8. The molecule has 0 heterocycles. The molecule has 0 saturated heterocycles. The molecule has 544 valence electrons. The number of unbranched alkanes of at least 4 members (excludes halogenated alkanes) is 29. The number of aliphatic hydroxyl groups is 1. The van der Waals surface area contributed by atoms with Crippen molar-refractivity contribution in [1.82, 2.24) is 0 Å². The highest BCUT2D eigenvalue weighted by Gasteiger charge is 2.30. The predicted molar refractivity (Wildman–Crippen MR) is 381 cm³/mol. The number of rotatable bonds is 69. The van der Waals surface area contributed by atoms with E-state index in [1.54, 1.807) is 0 Å². The SMILES string of the molecule is CC/C=C\C/C=C\C/C=C\C/C=C\CCCCCCCCC(=O)OCC(COP(=O)(O)OCC(O)COP(=O)(O)OCC(COC(=O)CCCCCCC/C=C\CCCC)OC(=O)CCCCCCCCCCCCC)OC(=O)CCCCCCC/C=C\C/C=C\CCC. The van der Waals surface area contributed by atoms with Crippen LogP contribution >= 0.6 is 15.6 Å². The van der Waals surface area contributed by atoms with E-state index in [1.165, 1.54) is 51.4 Å². The summed E-state index contributed by atoms with van der Waals surface area (Å²) in [5.74, 6) is -2.20. The van der Waals surface area contributed by atoms with Crippen LogP contribution in [0.15, 0.2) is 85.1 Å². The maximum absolute atomic E-state index is 13.0. The van der Waals surface area contributed by atoms with Crippen molar-refractivity contribution in [1.29, 1.82) is 0 Å². The Morgan fingerprint density at radius 2 is 0.585 bits per heavy atom. The van der Waals surface area contributed by atoms with E-state index in [-0.39, 0.29) is 25.7 Å². The largest absolute Gasteiger partial charge is 0.472 e. The third-order valence-corrected chi connectivity index (χ3v) is 17.2. The molecule has 0 spiro atoms. The summed E-state index contributed by atoms with van der Waals surface area (Å²) in [6, 6.07) is 0. The molecule has 0 aromatic heterocycles. The lowest BCUT2D eigenvalue weighted by atomic mass is 10.1. The fourth-order valence-electron chi connectivity index (χ4n) is 9.70. The summed E-state index contributed by atoms with van der Waals surface area (Å²) < 4.78 is 68.3. The summed E-state index contributed by atoms with van der Waals surface area (Å²) >= 11 is 0. The first kappa shape index (κ1) is 90.2. The van der Waals surface area contributed by atoms with Gasteiger partial charge >= 0.3 is 39.5 Å². The number of esters is 4. The molecule has 0 fully saturated rings. The van der Waals surface area contributed by atoms with Gasteiger partial charge in [-0.1, -0.05) is 260 Å². The van der Waals surface area contributed by atoms with Crippen LogP contribution in [0.25, 0.3) is 0 Å². The van der Waals surface area contributed by atoms with Gasteiger partial charge in [0.1, 0.15) is 19.3 Å². The highest BCUT2D eigenvalue weighted by Crippen LogP contribution is 2.45. The molecule has 19 heteroatoms. The Morgan fingerprint density at radius 1 is 0.309 bits per heavy atom. The zero-order chi connectivity index (χ0) is 69.0. The molecule has 0 radical (unpaired) electrons. The minimum Gasteiger partial charge on any atom is -0.462 e. The zero-order valence-corrected chi connectivity index (χ0v) is 60.9. The first-order chi connectivity index (χ1) is 45.7. The first-order valence-electron chi connectivity index (χ1n) is 36.8. The van der Waals surface area contributed by atoms with Crippen LogP contribution in [0.4, 0.5) is 0 Å². The van der Waals surface area contributed by atoms with Crippen LogP contribution in [0.2, 0.25) is 0 Å². The van der Waals surface area contributed by atoms with Crippen molar-refractivity contribution in [3.8, 4) is 0 Å². The van der Waals surface area contributed by atoms with Crippen LogP contribution in [-0.4, -0.2) is 96.7 Å². The lowest BCUT2D eigenvalue weighted by molar-refractivity contribution is -0.161. The summed E-state index contributed by atoms with van der Waals surface area (Å²) in [5, 5.41) is 10.6. The summed E-state index contributed by atoms with van der Waals surface area (Å²) in [5.41, 5.74) is 0. The topological polar surface area (TPSA) is 237 Å².